The fourth-order valence-corrected chi connectivity index (χ4v) is 3.21. The maximum Gasteiger partial charge on any atom is 0.417 e. The Balaban J connectivity index is 2.46. The van der Waals surface area contributed by atoms with Crippen LogP contribution in [0.3, 0.4) is 0 Å². The number of aryl methyl sites for hydroxylation is 1. The van der Waals surface area contributed by atoms with Crippen LogP contribution in [0.1, 0.15) is 27.0 Å². The summed E-state index contributed by atoms with van der Waals surface area (Å²) in [7, 11) is -4.92. The highest BCUT2D eigenvalue weighted by atomic mass is 32.2. The van der Waals surface area contributed by atoms with Crippen molar-refractivity contribution in [3.8, 4) is 6.07 Å². The van der Waals surface area contributed by atoms with Crippen molar-refractivity contribution in [2.75, 3.05) is 0 Å². The molecule has 26 heavy (non-hydrogen) atoms. The van der Waals surface area contributed by atoms with E-state index in [1.807, 2.05) is 0 Å². The van der Waals surface area contributed by atoms with E-state index < -0.39 is 43.9 Å². The van der Waals surface area contributed by atoms with Crippen molar-refractivity contribution >= 4 is 15.9 Å². The second kappa shape index (κ2) is 6.76. The number of nitriles is 1. The second-order valence-electron chi connectivity index (χ2n) is 5.22. The highest BCUT2D eigenvalue weighted by Crippen LogP contribution is 2.34. The van der Waals surface area contributed by atoms with E-state index in [0.29, 0.717) is 12.1 Å². The molecule has 0 spiro atoms. The van der Waals surface area contributed by atoms with Gasteiger partial charge in [-0.3, -0.25) is 4.79 Å². The van der Waals surface area contributed by atoms with Crippen LogP contribution >= 0.6 is 0 Å². The van der Waals surface area contributed by atoms with Crippen LogP contribution in [0.2, 0.25) is 0 Å². The zero-order valence-electron chi connectivity index (χ0n) is 13.1. The smallest absolute Gasteiger partial charge is 0.268 e. The standard InChI is InChI=1S/C16H10F4N2O3S/c1-9-2-4-11(7-13(9)17)15(23)22-26(24,25)14-5-3-10(8-21)6-12(14)16(18,19)20/h2-7H,1H3,(H,22,23). The third-order valence-corrected chi connectivity index (χ3v) is 4.75. The first-order chi connectivity index (χ1) is 12.0. The number of carbonyl (C=O) groups excluding carboxylic acids is 1. The van der Waals surface area contributed by atoms with Gasteiger partial charge in [0, 0.05) is 5.56 Å². The minimum Gasteiger partial charge on any atom is -0.268 e. The summed E-state index contributed by atoms with van der Waals surface area (Å²) in [4.78, 5) is 10.8. The van der Waals surface area contributed by atoms with Crippen molar-refractivity contribution in [2.45, 2.75) is 18.0 Å². The highest BCUT2D eigenvalue weighted by Gasteiger charge is 2.38. The van der Waals surface area contributed by atoms with Gasteiger partial charge in [-0.1, -0.05) is 6.07 Å². The maximum atomic E-state index is 13.5. The lowest BCUT2D eigenvalue weighted by Crippen LogP contribution is -2.32. The van der Waals surface area contributed by atoms with Crippen LogP contribution in [0.25, 0.3) is 0 Å². The molecule has 0 heterocycles. The average molecular weight is 386 g/mol. The molecule has 2 aromatic rings. The lowest BCUT2D eigenvalue weighted by atomic mass is 10.1. The zero-order chi connectivity index (χ0) is 19.7. The van der Waals surface area contributed by atoms with Gasteiger partial charge in [0.25, 0.3) is 15.9 Å². The minimum atomic E-state index is -5.07. The number of amides is 1. The number of sulfonamides is 1. The largest absolute Gasteiger partial charge is 0.417 e. The maximum absolute atomic E-state index is 13.5. The molecule has 1 N–H and O–H groups in total. The molecule has 0 unspecified atom stereocenters. The quantitative estimate of drug-likeness (QED) is 0.821. The molecule has 0 saturated heterocycles. The van der Waals surface area contributed by atoms with Crippen molar-refractivity contribution in [1.29, 1.82) is 5.26 Å². The Morgan fingerprint density at radius 2 is 1.81 bits per heavy atom. The summed E-state index contributed by atoms with van der Waals surface area (Å²) in [6.45, 7) is 1.42. The van der Waals surface area contributed by atoms with Crippen molar-refractivity contribution in [2.24, 2.45) is 0 Å². The van der Waals surface area contributed by atoms with Gasteiger partial charge in [0.1, 0.15) is 5.82 Å². The molecule has 2 aromatic carbocycles. The monoisotopic (exact) mass is 386 g/mol. The first-order valence-electron chi connectivity index (χ1n) is 6.90. The van der Waals surface area contributed by atoms with E-state index in [1.54, 1.807) is 0 Å². The van der Waals surface area contributed by atoms with Crippen molar-refractivity contribution in [1.82, 2.24) is 4.72 Å². The Kier molecular flexibility index (Phi) is 5.04. The van der Waals surface area contributed by atoms with E-state index in [1.165, 1.54) is 23.8 Å². The Hall–Kier alpha value is -2.93. The number of benzene rings is 2. The molecule has 136 valence electrons. The van der Waals surface area contributed by atoms with Crippen LogP contribution in [0.5, 0.6) is 0 Å². The molecular formula is C16H10F4N2O3S. The molecule has 10 heteroatoms. The number of alkyl halides is 3. The predicted molar refractivity (Wildman–Crippen MR) is 81.9 cm³/mol. The van der Waals surface area contributed by atoms with Gasteiger partial charge in [-0.05, 0) is 42.8 Å². The third kappa shape index (κ3) is 4.00. The number of nitrogens with zero attached hydrogens (tertiary/aromatic N) is 1. The van der Waals surface area contributed by atoms with Gasteiger partial charge in [0.2, 0.25) is 0 Å². The van der Waals surface area contributed by atoms with Crippen LogP contribution < -0.4 is 4.72 Å². The van der Waals surface area contributed by atoms with Crippen LogP contribution in [0.15, 0.2) is 41.3 Å². The highest BCUT2D eigenvalue weighted by molar-refractivity contribution is 7.90. The van der Waals surface area contributed by atoms with E-state index in [0.717, 1.165) is 18.2 Å². The van der Waals surface area contributed by atoms with Gasteiger partial charge in [0.15, 0.2) is 0 Å². The fraction of sp³-hybridized carbons (Fsp3) is 0.125. The first-order valence-corrected chi connectivity index (χ1v) is 8.38. The summed E-state index contributed by atoms with van der Waals surface area (Å²) in [5.41, 5.74) is -2.16. The molecule has 0 aliphatic carbocycles. The minimum absolute atomic E-state index is 0.204. The van der Waals surface area contributed by atoms with Gasteiger partial charge in [-0.15, -0.1) is 0 Å². The zero-order valence-corrected chi connectivity index (χ0v) is 13.9. The van der Waals surface area contributed by atoms with Gasteiger partial charge in [-0.25, -0.2) is 17.5 Å². The van der Waals surface area contributed by atoms with Crippen molar-refractivity contribution < 1.29 is 30.8 Å². The molecule has 0 saturated carbocycles. The summed E-state index contributed by atoms with van der Waals surface area (Å²) < 4.78 is 78.8. The number of halogens is 4. The van der Waals surface area contributed by atoms with E-state index in [2.05, 4.69) is 0 Å². The molecule has 0 atom stereocenters. The third-order valence-electron chi connectivity index (χ3n) is 3.36. The Labute approximate surface area is 145 Å². The summed E-state index contributed by atoms with van der Waals surface area (Å²) in [6, 6.07) is 6.41. The van der Waals surface area contributed by atoms with Crippen LogP contribution in [0.4, 0.5) is 17.6 Å². The SMILES string of the molecule is Cc1ccc(C(=O)NS(=O)(=O)c2ccc(C#N)cc2C(F)(F)F)cc1F. The summed E-state index contributed by atoms with van der Waals surface area (Å²) in [5, 5.41) is 8.69. The first kappa shape index (κ1) is 19.4. The van der Waals surface area contributed by atoms with Crippen molar-refractivity contribution in [3.63, 3.8) is 0 Å². The molecule has 0 fully saturated rings. The summed E-state index contributed by atoms with van der Waals surface area (Å²) in [6.07, 6.45) is -5.07. The van der Waals surface area contributed by atoms with Gasteiger partial charge < -0.3 is 0 Å². The van der Waals surface area contributed by atoms with E-state index in [4.69, 9.17) is 5.26 Å². The molecule has 2 rings (SSSR count). The number of hydrogen-bond donors (Lipinski definition) is 1. The topological polar surface area (TPSA) is 87.0 Å². The van der Waals surface area contributed by atoms with E-state index >= 15 is 0 Å². The lowest BCUT2D eigenvalue weighted by Gasteiger charge is -2.14. The van der Waals surface area contributed by atoms with E-state index in [-0.39, 0.29) is 11.1 Å². The molecule has 5 nitrogen and oxygen atoms in total. The molecule has 0 bridgehead atoms. The Bertz CT molecular complexity index is 1020. The fourth-order valence-electron chi connectivity index (χ4n) is 2.03. The molecule has 0 aliphatic rings. The van der Waals surface area contributed by atoms with Crippen molar-refractivity contribution in [3.05, 3.63) is 64.5 Å². The average Bonchev–Trinajstić information content (AvgIpc) is 2.55. The number of hydrogen-bond acceptors (Lipinski definition) is 4. The number of rotatable bonds is 3. The molecule has 1 amide bonds. The Morgan fingerprint density at radius 3 is 2.35 bits per heavy atom. The molecule has 0 radical (unpaired) electrons. The summed E-state index contributed by atoms with van der Waals surface area (Å²) >= 11 is 0. The summed E-state index contributed by atoms with van der Waals surface area (Å²) in [5.74, 6) is -2.06. The van der Waals surface area contributed by atoms with Gasteiger partial charge in [0.05, 0.1) is 22.1 Å². The molecule has 0 aliphatic heterocycles. The normalized spacial score (nSPS) is 11.7. The number of nitrogens with one attached hydrogen (secondary N) is 1. The lowest BCUT2D eigenvalue weighted by molar-refractivity contribution is -0.139. The van der Waals surface area contributed by atoms with Crippen LogP contribution in [-0.4, -0.2) is 14.3 Å². The van der Waals surface area contributed by atoms with Gasteiger partial charge >= 0.3 is 6.18 Å². The van der Waals surface area contributed by atoms with E-state index in [9.17, 15) is 30.8 Å². The van der Waals surface area contributed by atoms with Crippen LogP contribution in [0, 0.1) is 24.1 Å². The molecule has 0 aromatic heterocycles. The Morgan fingerprint density at radius 1 is 1.15 bits per heavy atom. The molecular weight excluding hydrogens is 376 g/mol. The second-order valence-corrected chi connectivity index (χ2v) is 6.87. The predicted octanol–water partition coefficient (Wildman–Crippen LogP) is 3.14. The van der Waals surface area contributed by atoms with Crippen LogP contribution in [-0.2, 0) is 16.2 Å². The van der Waals surface area contributed by atoms with Gasteiger partial charge in [-0.2, -0.15) is 18.4 Å². The number of carbonyl (C=O) groups is 1.